The highest BCUT2D eigenvalue weighted by molar-refractivity contribution is 5.08. The average molecular weight is 167 g/mol. The van der Waals surface area contributed by atoms with E-state index in [4.69, 9.17) is 10.8 Å². The van der Waals surface area contributed by atoms with Gasteiger partial charge in [-0.3, -0.25) is 9.97 Å². The van der Waals surface area contributed by atoms with Gasteiger partial charge in [0.15, 0.2) is 0 Å². The third-order valence-corrected chi connectivity index (χ3v) is 1.78. The van der Waals surface area contributed by atoms with Crippen molar-refractivity contribution in [1.82, 2.24) is 9.97 Å². The number of nitrogens with two attached hydrogens (primary N) is 1. The van der Waals surface area contributed by atoms with Crippen LogP contribution in [0.2, 0.25) is 0 Å². The quantitative estimate of drug-likeness (QED) is 0.666. The first-order valence-corrected chi connectivity index (χ1v) is 3.83. The molecule has 0 aliphatic rings. The van der Waals surface area contributed by atoms with Crippen molar-refractivity contribution in [1.29, 1.82) is 0 Å². The fourth-order valence-corrected chi connectivity index (χ4v) is 0.954. The Balaban J connectivity index is 2.82. The molecule has 1 rings (SSSR count). The van der Waals surface area contributed by atoms with Crippen molar-refractivity contribution in [2.45, 2.75) is 18.9 Å². The van der Waals surface area contributed by atoms with E-state index in [1.54, 1.807) is 18.6 Å². The predicted octanol–water partition coefficient (Wildman–Crippen LogP) is 0.0329. The highest BCUT2D eigenvalue weighted by atomic mass is 16.3. The molecule has 0 saturated carbocycles. The third kappa shape index (κ3) is 1.99. The molecule has 0 aliphatic carbocycles. The second-order valence-corrected chi connectivity index (χ2v) is 2.98. The minimum absolute atomic E-state index is 0.0591. The summed E-state index contributed by atoms with van der Waals surface area (Å²) in [4.78, 5) is 7.98. The average Bonchev–Trinajstić information content (AvgIpc) is 2.06. The first-order chi connectivity index (χ1) is 5.67. The van der Waals surface area contributed by atoms with Gasteiger partial charge in [0.25, 0.3) is 0 Å². The fourth-order valence-electron chi connectivity index (χ4n) is 0.954. The highest BCUT2D eigenvalue weighted by Gasteiger charge is 2.21. The molecule has 1 atom stereocenters. The van der Waals surface area contributed by atoms with E-state index in [0.29, 0.717) is 12.1 Å². The topological polar surface area (TPSA) is 72.0 Å². The van der Waals surface area contributed by atoms with Crippen LogP contribution in [0.5, 0.6) is 0 Å². The van der Waals surface area contributed by atoms with Gasteiger partial charge in [-0.1, -0.05) is 0 Å². The van der Waals surface area contributed by atoms with Crippen LogP contribution < -0.4 is 5.73 Å². The Morgan fingerprint density at radius 2 is 2.33 bits per heavy atom. The number of hydrogen-bond donors (Lipinski definition) is 2. The molecular formula is C8H13N3O. The van der Waals surface area contributed by atoms with Gasteiger partial charge in [-0.15, -0.1) is 0 Å². The molecule has 0 fully saturated rings. The van der Waals surface area contributed by atoms with Gasteiger partial charge in [0, 0.05) is 19.0 Å². The van der Waals surface area contributed by atoms with Crippen LogP contribution in [0.15, 0.2) is 18.6 Å². The smallest absolute Gasteiger partial charge is 0.0783 e. The maximum Gasteiger partial charge on any atom is 0.0783 e. The van der Waals surface area contributed by atoms with Gasteiger partial charge in [0.05, 0.1) is 17.4 Å². The van der Waals surface area contributed by atoms with E-state index in [0.717, 1.165) is 0 Å². The molecule has 66 valence electrons. The molecule has 0 radical (unpaired) electrons. The van der Waals surface area contributed by atoms with Gasteiger partial charge < -0.3 is 10.8 Å². The monoisotopic (exact) mass is 167 g/mol. The van der Waals surface area contributed by atoms with Crippen molar-refractivity contribution in [2.75, 3.05) is 6.61 Å². The lowest BCUT2D eigenvalue weighted by molar-refractivity contribution is 0.245. The SMILES string of the molecule is C[C@](N)(CCO)c1cnccn1. The van der Waals surface area contributed by atoms with Crippen molar-refractivity contribution in [3.8, 4) is 0 Å². The van der Waals surface area contributed by atoms with Crippen LogP contribution in [0.1, 0.15) is 19.0 Å². The Morgan fingerprint density at radius 3 is 2.83 bits per heavy atom. The molecule has 0 aromatic carbocycles. The maximum atomic E-state index is 8.74. The number of aliphatic hydroxyl groups is 1. The Hall–Kier alpha value is -1.00. The van der Waals surface area contributed by atoms with Gasteiger partial charge >= 0.3 is 0 Å². The Kier molecular flexibility index (Phi) is 2.73. The molecular weight excluding hydrogens is 154 g/mol. The molecule has 1 heterocycles. The van der Waals surface area contributed by atoms with E-state index in [1.165, 1.54) is 0 Å². The fraction of sp³-hybridized carbons (Fsp3) is 0.500. The van der Waals surface area contributed by atoms with Gasteiger partial charge in [0.2, 0.25) is 0 Å². The molecule has 0 unspecified atom stereocenters. The minimum Gasteiger partial charge on any atom is -0.396 e. The lowest BCUT2D eigenvalue weighted by atomic mass is 9.96. The van der Waals surface area contributed by atoms with Crippen LogP contribution in [-0.4, -0.2) is 21.7 Å². The highest BCUT2D eigenvalue weighted by Crippen LogP contribution is 2.17. The van der Waals surface area contributed by atoms with E-state index in [-0.39, 0.29) is 6.61 Å². The second kappa shape index (κ2) is 3.60. The number of nitrogens with zero attached hydrogens (tertiary/aromatic N) is 2. The van der Waals surface area contributed by atoms with Crippen LogP contribution >= 0.6 is 0 Å². The van der Waals surface area contributed by atoms with Crippen LogP contribution in [0.25, 0.3) is 0 Å². The summed E-state index contributed by atoms with van der Waals surface area (Å²) < 4.78 is 0. The zero-order chi connectivity index (χ0) is 9.03. The number of rotatable bonds is 3. The third-order valence-electron chi connectivity index (χ3n) is 1.78. The molecule has 0 spiro atoms. The first kappa shape index (κ1) is 9.09. The standard InChI is InChI=1S/C8H13N3O/c1-8(9,2-5-12)7-6-10-3-4-11-7/h3-4,6,12H,2,5,9H2,1H3/t8-/m0/s1. The van der Waals surface area contributed by atoms with E-state index < -0.39 is 5.54 Å². The number of hydrogen-bond acceptors (Lipinski definition) is 4. The predicted molar refractivity (Wildman–Crippen MR) is 45.3 cm³/mol. The summed E-state index contributed by atoms with van der Waals surface area (Å²) >= 11 is 0. The minimum atomic E-state index is -0.580. The van der Waals surface area contributed by atoms with Crippen LogP contribution in [0.3, 0.4) is 0 Å². The lowest BCUT2D eigenvalue weighted by Gasteiger charge is -2.21. The Morgan fingerprint density at radius 1 is 1.58 bits per heavy atom. The summed E-state index contributed by atoms with van der Waals surface area (Å²) in [5.74, 6) is 0. The Labute approximate surface area is 71.5 Å². The zero-order valence-corrected chi connectivity index (χ0v) is 7.07. The molecule has 0 amide bonds. The molecule has 0 aliphatic heterocycles. The van der Waals surface area contributed by atoms with Crippen LogP contribution in [0, 0.1) is 0 Å². The summed E-state index contributed by atoms with van der Waals surface area (Å²) in [6.45, 7) is 1.89. The van der Waals surface area contributed by atoms with E-state index in [1.807, 2.05) is 6.92 Å². The van der Waals surface area contributed by atoms with Crippen molar-refractivity contribution in [2.24, 2.45) is 5.73 Å². The molecule has 0 bridgehead atoms. The van der Waals surface area contributed by atoms with Crippen LogP contribution in [-0.2, 0) is 5.54 Å². The molecule has 4 nitrogen and oxygen atoms in total. The maximum absolute atomic E-state index is 8.74. The van der Waals surface area contributed by atoms with Crippen LogP contribution in [0.4, 0.5) is 0 Å². The summed E-state index contributed by atoms with van der Waals surface area (Å²) in [5, 5.41) is 8.74. The van der Waals surface area contributed by atoms with E-state index in [9.17, 15) is 0 Å². The molecule has 4 heteroatoms. The second-order valence-electron chi connectivity index (χ2n) is 2.98. The molecule has 1 aromatic rings. The lowest BCUT2D eigenvalue weighted by Crippen LogP contribution is -2.35. The molecule has 12 heavy (non-hydrogen) atoms. The van der Waals surface area contributed by atoms with Crippen molar-refractivity contribution >= 4 is 0 Å². The summed E-state index contributed by atoms with van der Waals surface area (Å²) in [6, 6.07) is 0. The van der Waals surface area contributed by atoms with E-state index >= 15 is 0 Å². The molecule has 3 N–H and O–H groups in total. The summed E-state index contributed by atoms with van der Waals surface area (Å²) in [7, 11) is 0. The molecule has 1 aromatic heterocycles. The normalized spacial score (nSPS) is 15.6. The van der Waals surface area contributed by atoms with Gasteiger partial charge in [-0.25, -0.2) is 0 Å². The van der Waals surface area contributed by atoms with Gasteiger partial charge in [-0.2, -0.15) is 0 Å². The van der Waals surface area contributed by atoms with E-state index in [2.05, 4.69) is 9.97 Å². The zero-order valence-electron chi connectivity index (χ0n) is 7.07. The number of aromatic nitrogens is 2. The van der Waals surface area contributed by atoms with Crippen molar-refractivity contribution < 1.29 is 5.11 Å². The summed E-state index contributed by atoms with van der Waals surface area (Å²) in [6.07, 6.45) is 5.30. The largest absolute Gasteiger partial charge is 0.396 e. The molecule has 0 saturated heterocycles. The van der Waals surface area contributed by atoms with Crippen molar-refractivity contribution in [3.05, 3.63) is 24.3 Å². The first-order valence-electron chi connectivity index (χ1n) is 3.83. The van der Waals surface area contributed by atoms with Gasteiger partial charge in [-0.05, 0) is 13.3 Å². The summed E-state index contributed by atoms with van der Waals surface area (Å²) in [5.41, 5.74) is 6.01. The van der Waals surface area contributed by atoms with Crippen molar-refractivity contribution in [3.63, 3.8) is 0 Å². The number of aliphatic hydroxyl groups excluding tert-OH is 1. The van der Waals surface area contributed by atoms with Gasteiger partial charge in [0.1, 0.15) is 0 Å². The Bertz CT molecular complexity index is 235.